The molecule has 1 aromatic heterocycles. The lowest BCUT2D eigenvalue weighted by atomic mass is 10.1. The molecule has 1 aliphatic carbocycles. The van der Waals surface area contributed by atoms with Crippen LogP contribution in [0.1, 0.15) is 56.8 Å². The van der Waals surface area contributed by atoms with Crippen LogP contribution in [0.5, 0.6) is 0 Å². The van der Waals surface area contributed by atoms with Gasteiger partial charge in [0, 0.05) is 25.0 Å². The van der Waals surface area contributed by atoms with Crippen LogP contribution < -0.4 is 5.32 Å². The molecular weight excluding hydrogens is 268 g/mol. The molecule has 2 aliphatic rings. The number of nitrogens with zero attached hydrogens (tertiary/aromatic N) is 1. The number of aliphatic hydroxyl groups excluding tert-OH is 1. The maximum Gasteiger partial charge on any atom is 0.317 e. The maximum atomic E-state index is 12.4. The lowest BCUT2D eigenvalue weighted by molar-refractivity contribution is 0.107. The third-order valence-electron chi connectivity index (χ3n) is 4.69. The third kappa shape index (κ3) is 3.40. The fourth-order valence-corrected chi connectivity index (χ4v) is 3.53. The Morgan fingerprint density at radius 3 is 2.90 bits per heavy atom. The summed E-state index contributed by atoms with van der Waals surface area (Å²) in [6.45, 7) is 0.786. The van der Waals surface area contributed by atoms with E-state index >= 15 is 0 Å². The second kappa shape index (κ2) is 6.52. The molecule has 0 spiro atoms. The van der Waals surface area contributed by atoms with E-state index in [-0.39, 0.29) is 12.1 Å². The van der Waals surface area contributed by atoms with E-state index in [1.54, 1.807) is 18.4 Å². The third-order valence-corrected chi connectivity index (χ3v) is 4.69. The Morgan fingerprint density at radius 2 is 2.19 bits per heavy atom. The Hall–Kier alpha value is -1.49. The molecule has 0 aromatic carbocycles. The molecule has 1 saturated carbocycles. The molecule has 2 fully saturated rings. The summed E-state index contributed by atoms with van der Waals surface area (Å²) >= 11 is 0. The molecule has 1 aromatic rings. The van der Waals surface area contributed by atoms with Crippen LogP contribution in [-0.2, 0) is 0 Å². The Bertz CT molecular complexity index is 454. The smallest absolute Gasteiger partial charge is 0.317 e. The quantitative estimate of drug-likeness (QED) is 0.897. The van der Waals surface area contributed by atoms with Gasteiger partial charge in [-0.3, -0.25) is 0 Å². The first kappa shape index (κ1) is 14.4. The van der Waals surface area contributed by atoms with Crippen molar-refractivity contribution in [3.05, 3.63) is 24.2 Å². The minimum atomic E-state index is -0.634. The second-order valence-electron chi connectivity index (χ2n) is 6.19. The number of nitrogens with one attached hydrogen (secondary N) is 1. The molecule has 1 saturated heterocycles. The summed E-state index contributed by atoms with van der Waals surface area (Å²) in [6, 6.07) is 4.04. The van der Waals surface area contributed by atoms with Crippen molar-refractivity contribution in [2.75, 3.05) is 6.54 Å². The minimum absolute atomic E-state index is 0.0380. The maximum absolute atomic E-state index is 12.4. The van der Waals surface area contributed by atoms with Crippen LogP contribution in [0.25, 0.3) is 0 Å². The van der Waals surface area contributed by atoms with E-state index in [0.717, 1.165) is 32.2 Å². The number of likely N-dealkylation sites (tertiary alicyclic amines) is 1. The van der Waals surface area contributed by atoms with E-state index in [1.165, 1.54) is 12.8 Å². The molecule has 5 heteroatoms. The predicted molar refractivity (Wildman–Crippen MR) is 78.8 cm³/mol. The molecule has 2 amide bonds. The zero-order chi connectivity index (χ0) is 14.7. The molecule has 2 heterocycles. The molecule has 2 atom stereocenters. The molecule has 0 radical (unpaired) electrons. The number of carbonyl (C=O) groups excluding carboxylic acids is 1. The largest absolute Gasteiger partial charge is 0.467 e. The van der Waals surface area contributed by atoms with Crippen LogP contribution in [0.15, 0.2) is 22.8 Å². The molecule has 0 bridgehead atoms. The fraction of sp³-hybridized carbons (Fsp3) is 0.688. The summed E-state index contributed by atoms with van der Waals surface area (Å²) in [5.74, 6) is 0.582. The van der Waals surface area contributed by atoms with E-state index < -0.39 is 6.10 Å². The zero-order valence-corrected chi connectivity index (χ0v) is 12.3. The van der Waals surface area contributed by atoms with Crippen molar-refractivity contribution >= 4 is 6.03 Å². The van der Waals surface area contributed by atoms with Crippen LogP contribution >= 0.6 is 0 Å². The fourth-order valence-electron chi connectivity index (χ4n) is 3.53. The molecule has 2 N–H and O–H groups in total. The van der Waals surface area contributed by atoms with Crippen molar-refractivity contribution in [3.63, 3.8) is 0 Å². The highest BCUT2D eigenvalue weighted by Crippen LogP contribution is 2.28. The standard InChI is InChI=1S/C16H24N2O3/c19-14(15-8-4-10-21-15)11-13-7-3-9-18(13)16(20)17-12-5-1-2-6-12/h4,8,10,12-14,19H,1-3,5-7,9,11H2,(H,17,20). The number of urea groups is 1. The first-order valence-corrected chi connectivity index (χ1v) is 8.02. The summed E-state index contributed by atoms with van der Waals surface area (Å²) in [5, 5.41) is 13.3. The normalized spacial score (nSPS) is 24.4. The van der Waals surface area contributed by atoms with Crippen molar-refractivity contribution in [1.29, 1.82) is 0 Å². The van der Waals surface area contributed by atoms with E-state index in [4.69, 9.17) is 4.42 Å². The Labute approximate surface area is 125 Å². The van der Waals surface area contributed by atoms with E-state index in [9.17, 15) is 9.90 Å². The second-order valence-corrected chi connectivity index (χ2v) is 6.19. The van der Waals surface area contributed by atoms with E-state index in [1.807, 2.05) is 4.90 Å². The number of rotatable bonds is 4. The van der Waals surface area contributed by atoms with Crippen molar-refractivity contribution < 1.29 is 14.3 Å². The summed E-state index contributed by atoms with van der Waals surface area (Å²) < 4.78 is 5.24. The molecule has 5 nitrogen and oxygen atoms in total. The van der Waals surface area contributed by atoms with Gasteiger partial charge in [0.15, 0.2) is 0 Å². The number of hydrogen-bond acceptors (Lipinski definition) is 3. The van der Waals surface area contributed by atoms with Crippen LogP contribution in [0, 0.1) is 0 Å². The first-order chi connectivity index (χ1) is 10.2. The van der Waals surface area contributed by atoms with Crippen LogP contribution in [0.3, 0.4) is 0 Å². The predicted octanol–water partition coefficient (Wildman–Crippen LogP) is 2.82. The van der Waals surface area contributed by atoms with E-state index in [0.29, 0.717) is 18.2 Å². The van der Waals surface area contributed by atoms with Crippen LogP contribution in [0.2, 0.25) is 0 Å². The van der Waals surface area contributed by atoms with Crippen LogP contribution in [0.4, 0.5) is 4.79 Å². The topological polar surface area (TPSA) is 65.7 Å². The number of amides is 2. The molecular formula is C16H24N2O3. The number of hydrogen-bond donors (Lipinski definition) is 2. The van der Waals surface area contributed by atoms with Crippen molar-refractivity contribution in [2.45, 2.75) is 63.1 Å². The number of aliphatic hydroxyl groups is 1. The van der Waals surface area contributed by atoms with Gasteiger partial charge in [0.25, 0.3) is 0 Å². The van der Waals surface area contributed by atoms with Gasteiger partial charge in [-0.25, -0.2) is 4.79 Å². The monoisotopic (exact) mass is 292 g/mol. The summed E-state index contributed by atoms with van der Waals surface area (Å²) in [4.78, 5) is 14.3. The minimum Gasteiger partial charge on any atom is -0.467 e. The molecule has 3 rings (SSSR count). The van der Waals surface area contributed by atoms with Gasteiger partial charge in [-0.15, -0.1) is 0 Å². The Balaban J connectivity index is 1.55. The van der Waals surface area contributed by atoms with Gasteiger partial charge in [-0.2, -0.15) is 0 Å². The lowest BCUT2D eigenvalue weighted by Gasteiger charge is -2.27. The average Bonchev–Trinajstić information content (AvgIpc) is 3.21. The first-order valence-electron chi connectivity index (χ1n) is 8.02. The van der Waals surface area contributed by atoms with Crippen molar-refractivity contribution in [3.8, 4) is 0 Å². The lowest BCUT2D eigenvalue weighted by Crippen LogP contribution is -2.46. The number of furan rings is 1. The van der Waals surface area contributed by atoms with Gasteiger partial charge < -0.3 is 19.7 Å². The van der Waals surface area contributed by atoms with Gasteiger partial charge in [0.2, 0.25) is 0 Å². The highest BCUT2D eigenvalue weighted by atomic mass is 16.4. The molecule has 21 heavy (non-hydrogen) atoms. The summed E-state index contributed by atoms with van der Waals surface area (Å²) in [6.07, 6.45) is 8.06. The van der Waals surface area contributed by atoms with Gasteiger partial charge in [0.1, 0.15) is 11.9 Å². The van der Waals surface area contributed by atoms with Crippen molar-refractivity contribution in [1.82, 2.24) is 10.2 Å². The highest BCUT2D eigenvalue weighted by molar-refractivity contribution is 5.75. The van der Waals surface area contributed by atoms with E-state index in [2.05, 4.69) is 5.32 Å². The van der Waals surface area contributed by atoms with Crippen molar-refractivity contribution in [2.24, 2.45) is 0 Å². The van der Waals surface area contributed by atoms with Gasteiger partial charge in [-0.05, 0) is 37.8 Å². The van der Waals surface area contributed by atoms with Gasteiger partial charge >= 0.3 is 6.03 Å². The zero-order valence-electron chi connectivity index (χ0n) is 12.3. The van der Waals surface area contributed by atoms with Gasteiger partial charge in [-0.1, -0.05) is 12.8 Å². The highest BCUT2D eigenvalue weighted by Gasteiger charge is 2.32. The van der Waals surface area contributed by atoms with Crippen LogP contribution in [-0.4, -0.2) is 34.7 Å². The Kier molecular flexibility index (Phi) is 4.48. The average molecular weight is 292 g/mol. The molecule has 1 aliphatic heterocycles. The van der Waals surface area contributed by atoms with Gasteiger partial charge in [0.05, 0.1) is 6.26 Å². The SMILES string of the molecule is O=C(NC1CCCC1)N1CCCC1CC(O)c1ccco1. The number of carbonyl (C=O) groups is 1. The molecule has 2 unspecified atom stereocenters. The summed E-state index contributed by atoms with van der Waals surface area (Å²) in [7, 11) is 0. The molecule has 116 valence electrons. The Morgan fingerprint density at radius 1 is 1.38 bits per heavy atom. The summed E-state index contributed by atoms with van der Waals surface area (Å²) in [5.41, 5.74) is 0.